The fourth-order valence-electron chi connectivity index (χ4n) is 3.42. The first-order chi connectivity index (χ1) is 15.1. The number of nitrogens with zero attached hydrogens (tertiary/aromatic N) is 2. The van der Waals surface area contributed by atoms with Gasteiger partial charge in [-0.2, -0.15) is 0 Å². The zero-order valence-electron chi connectivity index (χ0n) is 18.8. The lowest BCUT2D eigenvalue weighted by Gasteiger charge is -2.33. The molecule has 0 spiro atoms. The number of sulfonamides is 1. The van der Waals surface area contributed by atoms with E-state index in [0.29, 0.717) is 29.2 Å². The molecular weight excluding hydrogens is 450 g/mol. The molecule has 0 aliphatic carbocycles. The lowest BCUT2D eigenvalue weighted by Crippen LogP contribution is -2.52. The largest absolute Gasteiger partial charge is 0.355 e. The average molecular weight is 480 g/mol. The minimum atomic E-state index is -3.75. The van der Waals surface area contributed by atoms with E-state index in [0.717, 1.165) is 16.1 Å². The summed E-state index contributed by atoms with van der Waals surface area (Å²) >= 11 is 6.31. The first-order valence-corrected chi connectivity index (χ1v) is 12.7. The molecule has 0 aliphatic rings. The van der Waals surface area contributed by atoms with Crippen molar-refractivity contribution in [3.63, 3.8) is 0 Å². The van der Waals surface area contributed by atoms with Gasteiger partial charge in [-0.3, -0.25) is 13.9 Å². The van der Waals surface area contributed by atoms with Crippen molar-refractivity contribution in [2.45, 2.75) is 39.8 Å². The molecule has 0 bridgehead atoms. The van der Waals surface area contributed by atoms with Gasteiger partial charge < -0.3 is 10.2 Å². The topological polar surface area (TPSA) is 86.8 Å². The monoisotopic (exact) mass is 479 g/mol. The molecule has 0 fully saturated rings. The summed E-state index contributed by atoms with van der Waals surface area (Å²) in [5.74, 6) is -0.785. The molecule has 0 heterocycles. The molecule has 1 atom stereocenters. The molecule has 1 N–H and O–H groups in total. The molecule has 2 aromatic carbocycles. The summed E-state index contributed by atoms with van der Waals surface area (Å²) in [5.41, 5.74) is 1.93. The Morgan fingerprint density at radius 1 is 1.09 bits per heavy atom. The van der Waals surface area contributed by atoms with Gasteiger partial charge >= 0.3 is 0 Å². The maximum Gasteiger partial charge on any atom is 0.244 e. The van der Waals surface area contributed by atoms with Crippen LogP contribution in [0.25, 0.3) is 0 Å². The van der Waals surface area contributed by atoms with E-state index >= 15 is 0 Å². The molecule has 174 valence electrons. The van der Waals surface area contributed by atoms with E-state index in [1.165, 1.54) is 4.90 Å². The van der Waals surface area contributed by atoms with Crippen molar-refractivity contribution < 1.29 is 18.0 Å². The highest BCUT2D eigenvalue weighted by atomic mass is 35.5. The van der Waals surface area contributed by atoms with E-state index in [9.17, 15) is 18.0 Å². The van der Waals surface area contributed by atoms with Crippen LogP contribution in [0.1, 0.15) is 31.4 Å². The second kappa shape index (κ2) is 11.3. The lowest BCUT2D eigenvalue weighted by molar-refractivity contribution is -0.140. The van der Waals surface area contributed by atoms with Gasteiger partial charge in [0.1, 0.15) is 12.6 Å². The minimum absolute atomic E-state index is 0.0829. The van der Waals surface area contributed by atoms with E-state index in [1.54, 1.807) is 49.4 Å². The number of hydrogen-bond acceptors (Lipinski definition) is 4. The fraction of sp³-hybridized carbons (Fsp3) is 0.391. The predicted molar refractivity (Wildman–Crippen MR) is 128 cm³/mol. The number of hydrogen-bond donors (Lipinski definition) is 1. The Morgan fingerprint density at radius 3 is 2.34 bits per heavy atom. The highest BCUT2D eigenvalue weighted by molar-refractivity contribution is 7.92. The Morgan fingerprint density at radius 2 is 1.78 bits per heavy atom. The van der Waals surface area contributed by atoms with Crippen molar-refractivity contribution in [3.8, 4) is 0 Å². The van der Waals surface area contributed by atoms with Crippen LogP contribution in [-0.4, -0.2) is 50.5 Å². The Kier molecular flexibility index (Phi) is 9.09. The van der Waals surface area contributed by atoms with Crippen LogP contribution in [0, 0.1) is 6.92 Å². The maximum absolute atomic E-state index is 13.5. The summed E-state index contributed by atoms with van der Waals surface area (Å²) in [6.07, 6.45) is 1.42. The number of anilines is 1. The molecule has 32 heavy (non-hydrogen) atoms. The summed E-state index contributed by atoms with van der Waals surface area (Å²) < 4.78 is 26.2. The number of aryl methyl sites for hydroxylation is 1. The highest BCUT2D eigenvalue weighted by Gasteiger charge is 2.31. The van der Waals surface area contributed by atoms with Crippen LogP contribution in [-0.2, 0) is 26.2 Å². The van der Waals surface area contributed by atoms with Crippen LogP contribution in [0.5, 0.6) is 0 Å². The zero-order chi connectivity index (χ0) is 23.9. The second-order valence-electron chi connectivity index (χ2n) is 7.54. The number of benzene rings is 2. The zero-order valence-corrected chi connectivity index (χ0v) is 20.4. The number of likely N-dealkylation sites (N-methyl/N-ethyl adjacent to an activating group) is 1. The van der Waals surface area contributed by atoms with Crippen molar-refractivity contribution >= 4 is 39.1 Å². The van der Waals surface area contributed by atoms with Gasteiger partial charge in [0, 0.05) is 18.1 Å². The van der Waals surface area contributed by atoms with Gasteiger partial charge in [0.25, 0.3) is 0 Å². The molecule has 0 saturated heterocycles. The van der Waals surface area contributed by atoms with E-state index in [1.807, 2.05) is 19.9 Å². The van der Waals surface area contributed by atoms with Gasteiger partial charge in [0.15, 0.2) is 0 Å². The van der Waals surface area contributed by atoms with Crippen LogP contribution in [0.15, 0.2) is 48.5 Å². The first-order valence-electron chi connectivity index (χ1n) is 10.4. The lowest BCUT2D eigenvalue weighted by atomic mass is 10.1. The summed E-state index contributed by atoms with van der Waals surface area (Å²) in [5, 5.41) is 3.22. The van der Waals surface area contributed by atoms with Gasteiger partial charge in [-0.05, 0) is 49.6 Å². The molecule has 2 aromatic rings. The number of nitrogens with one attached hydrogen (secondary N) is 1. The van der Waals surface area contributed by atoms with Gasteiger partial charge in [-0.25, -0.2) is 8.42 Å². The van der Waals surface area contributed by atoms with Crippen molar-refractivity contribution in [1.82, 2.24) is 10.2 Å². The van der Waals surface area contributed by atoms with Crippen LogP contribution in [0.4, 0.5) is 5.69 Å². The number of amides is 2. The molecular formula is C23H30ClN3O4S. The number of halogens is 1. The van der Waals surface area contributed by atoms with Gasteiger partial charge in [0.05, 0.1) is 11.9 Å². The van der Waals surface area contributed by atoms with Crippen molar-refractivity contribution in [2.75, 3.05) is 23.7 Å². The summed E-state index contributed by atoms with van der Waals surface area (Å²) in [4.78, 5) is 27.6. The molecule has 0 aromatic heterocycles. The molecule has 1 unspecified atom stereocenters. The number of carbonyl (C=O) groups excluding carboxylic acids is 2. The Labute approximate surface area is 195 Å². The molecule has 0 saturated carbocycles. The minimum Gasteiger partial charge on any atom is -0.355 e. The molecule has 0 aliphatic heterocycles. The van der Waals surface area contributed by atoms with E-state index in [4.69, 9.17) is 11.6 Å². The fourth-order valence-corrected chi connectivity index (χ4v) is 4.46. The summed E-state index contributed by atoms with van der Waals surface area (Å²) in [6.45, 7) is 5.53. The van der Waals surface area contributed by atoms with Gasteiger partial charge in [-0.1, -0.05) is 48.9 Å². The Bertz CT molecular complexity index is 1060. The molecule has 0 radical (unpaired) electrons. The first kappa shape index (κ1) is 25.7. The highest BCUT2D eigenvalue weighted by Crippen LogP contribution is 2.22. The standard InChI is InChI=1S/C23H30ClN3O4S/c1-5-21(23(29)25-6-2)26(15-18-11-7-8-13-20(18)24)22(28)16-27(32(4,30)31)19-12-9-10-17(3)14-19/h7-14,21H,5-6,15-16H2,1-4H3,(H,25,29). The average Bonchev–Trinajstić information content (AvgIpc) is 2.72. The van der Waals surface area contributed by atoms with E-state index in [-0.39, 0.29) is 12.5 Å². The Hall–Kier alpha value is -2.58. The van der Waals surface area contributed by atoms with Crippen LogP contribution in [0.2, 0.25) is 5.02 Å². The quantitative estimate of drug-likeness (QED) is 0.566. The molecule has 9 heteroatoms. The maximum atomic E-state index is 13.5. The predicted octanol–water partition coefficient (Wildman–Crippen LogP) is 3.36. The third-order valence-electron chi connectivity index (χ3n) is 5.00. The SMILES string of the molecule is CCNC(=O)C(CC)N(Cc1ccccc1Cl)C(=O)CN(c1cccc(C)c1)S(C)(=O)=O. The number of carbonyl (C=O) groups is 2. The van der Waals surface area contributed by atoms with Crippen molar-refractivity contribution in [2.24, 2.45) is 0 Å². The van der Waals surface area contributed by atoms with E-state index in [2.05, 4.69) is 5.32 Å². The summed E-state index contributed by atoms with van der Waals surface area (Å²) in [7, 11) is -3.75. The van der Waals surface area contributed by atoms with E-state index < -0.39 is 28.5 Å². The number of rotatable bonds is 10. The molecule has 2 amide bonds. The van der Waals surface area contributed by atoms with Crippen LogP contribution >= 0.6 is 11.6 Å². The smallest absolute Gasteiger partial charge is 0.244 e. The third-order valence-corrected chi connectivity index (χ3v) is 6.51. The summed E-state index contributed by atoms with van der Waals surface area (Å²) in [6, 6.07) is 13.2. The van der Waals surface area contributed by atoms with Gasteiger partial charge in [-0.15, -0.1) is 0 Å². The van der Waals surface area contributed by atoms with Gasteiger partial charge in [0.2, 0.25) is 21.8 Å². The van der Waals surface area contributed by atoms with Crippen LogP contribution in [0.3, 0.4) is 0 Å². The van der Waals surface area contributed by atoms with Crippen LogP contribution < -0.4 is 9.62 Å². The molecule has 7 nitrogen and oxygen atoms in total. The van der Waals surface area contributed by atoms with Crippen molar-refractivity contribution in [3.05, 3.63) is 64.7 Å². The van der Waals surface area contributed by atoms with Crippen molar-refractivity contribution in [1.29, 1.82) is 0 Å². The molecule has 2 rings (SSSR count). The third kappa shape index (κ3) is 6.71. The second-order valence-corrected chi connectivity index (χ2v) is 9.85. The Balaban J connectivity index is 2.45. The normalized spacial score (nSPS) is 12.2.